The highest BCUT2D eigenvalue weighted by molar-refractivity contribution is 6.07. The molecular formula is C20H23N3O6. The van der Waals surface area contributed by atoms with Gasteiger partial charge in [0.05, 0.1) is 11.8 Å². The van der Waals surface area contributed by atoms with Gasteiger partial charge >= 0.3 is 5.97 Å². The van der Waals surface area contributed by atoms with Gasteiger partial charge in [0, 0.05) is 5.56 Å². The predicted molar refractivity (Wildman–Crippen MR) is 99.8 cm³/mol. The number of likely N-dealkylation sites (tertiary alicyclic amines) is 1. The van der Waals surface area contributed by atoms with Crippen LogP contribution >= 0.6 is 0 Å². The molecule has 2 fully saturated rings. The van der Waals surface area contributed by atoms with Crippen molar-refractivity contribution >= 4 is 29.6 Å². The molecule has 29 heavy (non-hydrogen) atoms. The highest BCUT2D eigenvalue weighted by atomic mass is 16.5. The summed E-state index contributed by atoms with van der Waals surface area (Å²) < 4.78 is 4.92. The number of hydrazine groups is 1. The first kappa shape index (κ1) is 20.5. The van der Waals surface area contributed by atoms with Crippen LogP contribution in [0.15, 0.2) is 30.3 Å². The highest BCUT2D eigenvalue weighted by Gasteiger charge is 2.51. The third-order valence-electron chi connectivity index (χ3n) is 5.30. The second kappa shape index (κ2) is 8.85. The monoisotopic (exact) mass is 401 g/mol. The summed E-state index contributed by atoms with van der Waals surface area (Å²) in [4.78, 5) is 61.9. The second-order valence-electron chi connectivity index (χ2n) is 7.20. The molecule has 1 aromatic carbocycles. The average Bonchev–Trinajstić information content (AvgIpc) is 3.00. The van der Waals surface area contributed by atoms with E-state index in [9.17, 15) is 24.0 Å². The minimum absolute atomic E-state index is 0.344. The predicted octanol–water partition coefficient (Wildman–Crippen LogP) is 0.554. The number of benzene rings is 1. The van der Waals surface area contributed by atoms with Crippen molar-refractivity contribution in [3.8, 4) is 0 Å². The minimum Gasteiger partial charge on any atom is -0.454 e. The van der Waals surface area contributed by atoms with Crippen LogP contribution in [0.3, 0.4) is 0 Å². The Balaban J connectivity index is 1.47. The van der Waals surface area contributed by atoms with Gasteiger partial charge < -0.3 is 4.74 Å². The van der Waals surface area contributed by atoms with Crippen molar-refractivity contribution in [2.24, 2.45) is 11.8 Å². The average molecular weight is 401 g/mol. The Hall–Kier alpha value is -3.23. The normalized spacial score (nSPS) is 21.9. The maximum absolute atomic E-state index is 12.5. The quantitative estimate of drug-likeness (QED) is 0.422. The fourth-order valence-electron chi connectivity index (χ4n) is 3.76. The Morgan fingerprint density at radius 1 is 1.03 bits per heavy atom. The number of nitrogens with one attached hydrogen (secondary N) is 2. The van der Waals surface area contributed by atoms with Crippen molar-refractivity contribution in [2.45, 2.75) is 38.6 Å². The van der Waals surface area contributed by atoms with Crippen molar-refractivity contribution in [3.63, 3.8) is 0 Å². The van der Waals surface area contributed by atoms with Gasteiger partial charge in [-0.15, -0.1) is 0 Å². The molecule has 9 nitrogen and oxygen atoms in total. The molecule has 0 bridgehead atoms. The van der Waals surface area contributed by atoms with Crippen LogP contribution in [0.25, 0.3) is 0 Å². The van der Waals surface area contributed by atoms with Gasteiger partial charge in [0.1, 0.15) is 6.04 Å². The summed E-state index contributed by atoms with van der Waals surface area (Å²) in [5.74, 6) is -3.52. The Morgan fingerprint density at radius 3 is 2.21 bits per heavy atom. The van der Waals surface area contributed by atoms with E-state index in [0.717, 1.165) is 17.7 Å². The fourth-order valence-corrected chi connectivity index (χ4v) is 3.76. The number of carbonyl (C=O) groups excluding carboxylic acids is 5. The fraction of sp³-hybridized carbons (Fsp3) is 0.450. The van der Waals surface area contributed by atoms with Crippen molar-refractivity contribution in [1.82, 2.24) is 15.8 Å². The summed E-state index contributed by atoms with van der Waals surface area (Å²) in [6, 6.07) is 7.15. The number of fused-ring (bicyclic) bond motifs is 1. The van der Waals surface area contributed by atoms with Gasteiger partial charge in [0.15, 0.2) is 6.61 Å². The van der Waals surface area contributed by atoms with Crippen molar-refractivity contribution in [1.29, 1.82) is 0 Å². The number of hydrogen-bond acceptors (Lipinski definition) is 6. The lowest BCUT2D eigenvalue weighted by molar-refractivity contribution is -0.159. The van der Waals surface area contributed by atoms with Gasteiger partial charge in [-0.1, -0.05) is 31.0 Å². The molecule has 3 rings (SSSR count). The Kier molecular flexibility index (Phi) is 6.26. The van der Waals surface area contributed by atoms with Crippen LogP contribution in [-0.4, -0.2) is 47.1 Å². The lowest BCUT2D eigenvalue weighted by Crippen LogP contribution is -2.46. The molecule has 0 radical (unpaired) electrons. The van der Waals surface area contributed by atoms with E-state index in [1.54, 1.807) is 30.3 Å². The molecule has 1 aliphatic heterocycles. The molecule has 3 atom stereocenters. The highest BCUT2D eigenvalue weighted by Crippen LogP contribution is 2.38. The molecule has 0 aromatic heterocycles. The zero-order valence-corrected chi connectivity index (χ0v) is 16.1. The number of amides is 4. The van der Waals surface area contributed by atoms with Crippen LogP contribution < -0.4 is 10.9 Å². The third kappa shape index (κ3) is 4.44. The standard InChI is InChI=1S/C20H23N3O6/c1-12(23-18(26)14-9-5-6-10-15(14)19(23)27)20(28)29-11-16(24)21-22-17(25)13-7-3-2-4-8-13/h2-4,7-8,12,14-15H,5-6,9-11H2,1H3,(H,21,24)(H,22,25)/t12-,14+,15+/m0/s1. The number of carbonyl (C=O) groups is 5. The molecule has 0 spiro atoms. The van der Waals surface area contributed by atoms with Gasteiger partial charge in [0.25, 0.3) is 11.8 Å². The third-order valence-corrected chi connectivity index (χ3v) is 5.30. The molecule has 2 N–H and O–H groups in total. The Bertz CT molecular complexity index is 801. The largest absolute Gasteiger partial charge is 0.454 e. The van der Waals surface area contributed by atoms with Gasteiger partial charge in [0.2, 0.25) is 11.8 Å². The van der Waals surface area contributed by atoms with Crippen LogP contribution in [0.1, 0.15) is 43.0 Å². The first-order chi connectivity index (χ1) is 13.9. The Labute approximate surface area is 167 Å². The molecule has 0 unspecified atom stereocenters. The topological polar surface area (TPSA) is 122 Å². The van der Waals surface area contributed by atoms with E-state index in [2.05, 4.69) is 10.9 Å². The minimum atomic E-state index is -1.10. The Morgan fingerprint density at radius 2 is 1.62 bits per heavy atom. The number of ether oxygens (including phenoxy) is 1. The first-order valence-electron chi connectivity index (χ1n) is 9.58. The van der Waals surface area contributed by atoms with Gasteiger partial charge in [-0.2, -0.15) is 0 Å². The molecule has 4 amide bonds. The van der Waals surface area contributed by atoms with Crippen LogP contribution in [0.4, 0.5) is 0 Å². The summed E-state index contributed by atoms with van der Waals surface area (Å²) in [5.41, 5.74) is 4.70. The van der Waals surface area contributed by atoms with Crippen molar-refractivity contribution in [2.75, 3.05) is 6.61 Å². The lowest BCUT2D eigenvalue weighted by atomic mass is 9.81. The number of nitrogens with zero attached hydrogens (tertiary/aromatic N) is 1. The van der Waals surface area contributed by atoms with E-state index in [1.165, 1.54) is 6.92 Å². The number of hydrogen-bond donors (Lipinski definition) is 2. The molecule has 154 valence electrons. The van der Waals surface area contributed by atoms with E-state index in [0.29, 0.717) is 18.4 Å². The first-order valence-corrected chi connectivity index (χ1v) is 9.58. The number of esters is 1. The van der Waals surface area contributed by atoms with E-state index in [-0.39, 0.29) is 23.7 Å². The van der Waals surface area contributed by atoms with E-state index in [4.69, 9.17) is 4.74 Å². The van der Waals surface area contributed by atoms with Crippen LogP contribution in [0.2, 0.25) is 0 Å². The van der Waals surface area contributed by atoms with E-state index < -0.39 is 30.4 Å². The molecule has 2 aliphatic rings. The zero-order chi connectivity index (χ0) is 21.0. The summed E-state index contributed by atoms with van der Waals surface area (Å²) in [7, 11) is 0. The summed E-state index contributed by atoms with van der Waals surface area (Å²) >= 11 is 0. The molecule has 1 saturated heterocycles. The SMILES string of the molecule is C[C@@H](C(=O)OCC(=O)NNC(=O)c1ccccc1)N1C(=O)[C@@H]2CCCC[C@H]2C1=O. The number of rotatable bonds is 5. The summed E-state index contributed by atoms with van der Waals surface area (Å²) in [5, 5.41) is 0. The molecular weight excluding hydrogens is 378 g/mol. The molecule has 1 saturated carbocycles. The van der Waals surface area contributed by atoms with E-state index in [1.807, 2.05) is 0 Å². The zero-order valence-electron chi connectivity index (χ0n) is 16.1. The summed E-state index contributed by atoms with van der Waals surface area (Å²) in [6.45, 7) is 0.756. The van der Waals surface area contributed by atoms with Crippen LogP contribution in [0, 0.1) is 11.8 Å². The van der Waals surface area contributed by atoms with Gasteiger partial charge in [-0.3, -0.25) is 34.9 Å². The van der Waals surface area contributed by atoms with Crippen LogP contribution in [0.5, 0.6) is 0 Å². The molecule has 1 aromatic rings. The molecule has 9 heteroatoms. The van der Waals surface area contributed by atoms with E-state index >= 15 is 0 Å². The van der Waals surface area contributed by atoms with Crippen molar-refractivity contribution < 1.29 is 28.7 Å². The number of imide groups is 1. The summed E-state index contributed by atoms with van der Waals surface area (Å²) in [6.07, 6.45) is 3.08. The van der Waals surface area contributed by atoms with Gasteiger partial charge in [-0.25, -0.2) is 4.79 Å². The maximum atomic E-state index is 12.5. The lowest BCUT2D eigenvalue weighted by Gasteiger charge is -2.21. The van der Waals surface area contributed by atoms with Gasteiger partial charge in [-0.05, 0) is 31.9 Å². The molecule has 1 aliphatic carbocycles. The van der Waals surface area contributed by atoms with Crippen LogP contribution in [-0.2, 0) is 23.9 Å². The smallest absolute Gasteiger partial charge is 0.329 e. The molecule has 1 heterocycles. The maximum Gasteiger partial charge on any atom is 0.329 e. The second-order valence-corrected chi connectivity index (χ2v) is 7.20. The van der Waals surface area contributed by atoms with Crippen molar-refractivity contribution in [3.05, 3.63) is 35.9 Å².